The molecule has 0 radical (unpaired) electrons. The first kappa shape index (κ1) is 18.0. The second kappa shape index (κ2) is 7.31. The van der Waals surface area contributed by atoms with Crippen molar-refractivity contribution in [3.63, 3.8) is 0 Å². The van der Waals surface area contributed by atoms with E-state index < -0.39 is 0 Å². The third-order valence-corrected chi connectivity index (χ3v) is 5.09. The Balaban J connectivity index is 1.78. The maximum atomic E-state index is 13.1. The van der Waals surface area contributed by atoms with E-state index in [1.165, 1.54) is 5.56 Å². The number of benzene rings is 3. The summed E-state index contributed by atoms with van der Waals surface area (Å²) in [5, 5.41) is 0. The lowest BCUT2D eigenvalue weighted by Gasteiger charge is -2.19. The van der Waals surface area contributed by atoms with E-state index in [2.05, 4.69) is 32.0 Å². The molecule has 4 rings (SSSR count). The van der Waals surface area contributed by atoms with Crippen molar-refractivity contribution in [2.75, 3.05) is 11.9 Å². The lowest BCUT2D eigenvalue weighted by Crippen LogP contribution is -2.30. The van der Waals surface area contributed by atoms with Crippen LogP contribution in [0, 0.1) is 13.8 Å². The molecule has 28 heavy (non-hydrogen) atoms. The Labute approximate surface area is 165 Å². The molecule has 0 unspecified atom stereocenters. The number of carbonyl (C=O) groups is 1. The molecule has 0 saturated heterocycles. The smallest absolute Gasteiger partial charge is 0.246 e. The molecule has 1 aromatic heterocycles. The highest BCUT2D eigenvalue weighted by Gasteiger charge is 2.19. The number of nitrogens with zero attached hydrogens (tertiary/aromatic N) is 3. The fourth-order valence-electron chi connectivity index (χ4n) is 3.54. The van der Waals surface area contributed by atoms with Crippen LogP contribution >= 0.6 is 0 Å². The summed E-state index contributed by atoms with van der Waals surface area (Å²) in [6.45, 7) is 4.40. The minimum Gasteiger partial charge on any atom is -0.314 e. The predicted octanol–water partition coefficient (Wildman–Crippen LogP) is 4.98. The van der Waals surface area contributed by atoms with Crippen LogP contribution in [0.5, 0.6) is 0 Å². The number of hydrogen-bond acceptors (Lipinski definition) is 2. The van der Waals surface area contributed by atoms with Crippen LogP contribution in [0.3, 0.4) is 0 Å². The van der Waals surface area contributed by atoms with E-state index in [4.69, 9.17) is 4.98 Å². The van der Waals surface area contributed by atoms with E-state index in [0.717, 1.165) is 33.7 Å². The van der Waals surface area contributed by atoms with Crippen LogP contribution in [0.1, 0.15) is 11.1 Å². The lowest BCUT2D eigenvalue weighted by atomic mass is 10.1. The van der Waals surface area contributed by atoms with Crippen LogP contribution in [0.15, 0.2) is 72.8 Å². The van der Waals surface area contributed by atoms with Gasteiger partial charge in [-0.3, -0.25) is 4.79 Å². The maximum Gasteiger partial charge on any atom is 0.246 e. The minimum absolute atomic E-state index is 0.0142. The number of likely N-dealkylation sites (N-methyl/N-ethyl adjacent to an activating group) is 1. The number of imidazole rings is 1. The van der Waals surface area contributed by atoms with E-state index in [1.807, 2.05) is 66.2 Å². The highest BCUT2D eigenvalue weighted by Crippen LogP contribution is 2.28. The second-order valence-electron chi connectivity index (χ2n) is 7.12. The molecule has 3 aromatic carbocycles. The minimum atomic E-state index is 0.0142. The number of aryl methyl sites for hydroxylation is 2. The summed E-state index contributed by atoms with van der Waals surface area (Å²) in [7, 11) is 1.81. The van der Waals surface area contributed by atoms with Gasteiger partial charge in [-0.2, -0.15) is 0 Å². The molecule has 4 nitrogen and oxygen atoms in total. The molecule has 0 aliphatic heterocycles. The molecule has 4 aromatic rings. The van der Waals surface area contributed by atoms with Gasteiger partial charge in [-0.15, -0.1) is 0 Å². The van der Waals surface area contributed by atoms with E-state index in [9.17, 15) is 4.79 Å². The highest BCUT2D eigenvalue weighted by atomic mass is 16.2. The number of hydrogen-bond donors (Lipinski definition) is 0. The molecule has 0 fully saturated rings. The molecule has 0 spiro atoms. The Morgan fingerprint density at radius 2 is 1.68 bits per heavy atom. The number of carbonyl (C=O) groups excluding carboxylic acids is 1. The van der Waals surface area contributed by atoms with Crippen molar-refractivity contribution in [2.24, 2.45) is 0 Å². The fourth-order valence-corrected chi connectivity index (χ4v) is 3.54. The Bertz CT molecular complexity index is 1150. The Morgan fingerprint density at radius 3 is 2.43 bits per heavy atom. The summed E-state index contributed by atoms with van der Waals surface area (Å²) < 4.78 is 2.02. The van der Waals surface area contributed by atoms with Gasteiger partial charge in [-0.25, -0.2) is 4.98 Å². The van der Waals surface area contributed by atoms with Gasteiger partial charge in [0, 0.05) is 18.3 Å². The van der Waals surface area contributed by atoms with Gasteiger partial charge in [0.2, 0.25) is 5.91 Å². The first-order chi connectivity index (χ1) is 13.5. The third kappa shape index (κ3) is 3.29. The SMILES string of the molecule is Cc1ccc(-c2nc3ccccc3n2CC(=O)N(C)c2ccccc2)c(C)c1. The molecular formula is C24H23N3O. The Morgan fingerprint density at radius 1 is 0.964 bits per heavy atom. The average Bonchev–Trinajstić information content (AvgIpc) is 3.06. The summed E-state index contributed by atoms with van der Waals surface area (Å²) in [6, 6.07) is 24.0. The van der Waals surface area contributed by atoms with Crippen molar-refractivity contribution in [1.29, 1.82) is 0 Å². The van der Waals surface area contributed by atoms with Crippen molar-refractivity contribution < 1.29 is 4.79 Å². The first-order valence-corrected chi connectivity index (χ1v) is 9.39. The molecule has 0 bridgehead atoms. The molecule has 1 heterocycles. The number of anilines is 1. The highest BCUT2D eigenvalue weighted by molar-refractivity contribution is 5.94. The van der Waals surface area contributed by atoms with Crippen LogP contribution in [0.2, 0.25) is 0 Å². The van der Waals surface area contributed by atoms with Crippen molar-refractivity contribution in [2.45, 2.75) is 20.4 Å². The molecule has 0 saturated carbocycles. The zero-order chi connectivity index (χ0) is 19.7. The Hall–Kier alpha value is -3.40. The van der Waals surface area contributed by atoms with Crippen LogP contribution < -0.4 is 4.90 Å². The third-order valence-electron chi connectivity index (χ3n) is 5.09. The van der Waals surface area contributed by atoms with Crippen LogP contribution in [0.4, 0.5) is 5.69 Å². The van der Waals surface area contributed by atoms with Gasteiger partial charge >= 0.3 is 0 Å². The summed E-state index contributed by atoms with van der Waals surface area (Å²) in [5.41, 5.74) is 6.16. The van der Waals surface area contributed by atoms with Gasteiger partial charge in [0.25, 0.3) is 0 Å². The molecule has 0 N–H and O–H groups in total. The summed E-state index contributed by atoms with van der Waals surface area (Å²) >= 11 is 0. The van der Waals surface area contributed by atoms with Gasteiger partial charge < -0.3 is 9.47 Å². The van der Waals surface area contributed by atoms with Crippen molar-refractivity contribution >= 4 is 22.6 Å². The van der Waals surface area contributed by atoms with Crippen molar-refractivity contribution in [3.05, 3.63) is 83.9 Å². The quantitative estimate of drug-likeness (QED) is 0.509. The van der Waals surface area contributed by atoms with Gasteiger partial charge in [0.05, 0.1) is 11.0 Å². The van der Waals surface area contributed by atoms with Gasteiger partial charge in [-0.05, 0) is 43.7 Å². The van der Waals surface area contributed by atoms with Gasteiger partial charge in [-0.1, -0.05) is 54.1 Å². The Kier molecular flexibility index (Phi) is 4.70. The predicted molar refractivity (Wildman–Crippen MR) is 114 cm³/mol. The molecule has 0 aliphatic carbocycles. The molecule has 0 atom stereocenters. The van der Waals surface area contributed by atoms with Crippen molar-refractivity contribution in [3.8, 4) is 11.4 Å². The molecule has 4 heteroatoms. The zero-order valence-electron chi connectivity index (χ0n) is 16.4. The monoisotopic (exact) mass is 369 g/mol. The van der Waals surface area contributed by atoms with E-state index in [-0.39, 0.29) is 12.5 Å². The first-order valence-electron chi connectivity index (χ1n) is 9.39. The molecule has 0 aliphatic rings. The van der Waals surface area contributed by atoms with Crippen molar-refractivity contribution in [1.82, 2.24) is 9.55 Å². The van der Waals surface area contributed by atoms with Crippen LogP contribution in [0.25, 0.3) is 22.4 Å². The molecule has 140 valence electrons. The van der Waals surface area contributed by atoms with E-state index in [0.29, 0.717) is 0 Å². The van der Waals surface area contributed by atoms with E-state index >= 15 is 0 Å². The summed E-state index contributed by atoms with van der Waals surface area (Å²) in [6.07, 6.45) is 0. The van der Waals surface area contributed by atoms with Gasteiger partial charge in [0.15, 0.2) is 0 Å². The standard InChI is InChI=1S/C24H23N3O/c1-17-13-14-20(18(2)15-17)24-25-21-11-7-8-12-22(21)27(24)16-23(28)26(3)19-9-5-4-6-10-19/h4-15H,16H2,1-3H3. The average molecular weight is 369 g/mol. The lowest BCUT2D eigenvalue weighted by molar-refractivity contribution is -0.118. The number of amides is 1. The maximum absolute atomic E-state index is 13.1. The number of aromatic nitrogens is 2. The number of para-hydroxylation sites is 3. The van der Waals surface area contributed by atoms with Crippen LogP contribution in [-0.2, 0) is 11.3 Å². The number of fused-ring (bicyclic) bond motifs is 1. The molecule has 1 amide bonds. The fraction of sp³-hybridized carbons (Fsp3) is 0.167. The van der Waals surface area contributed by atoms with Crippen LogP contribution in [-0.4, -0.2) is 22.5 Å². The zero-order valence-corrected chi connectivity index (χ0v) is 16.4. The summed E-state index contributed by atoms with van der Waals surface area (Å²) in [4.78, 5) is 19.6. The summed E-state index contributed by atoms with van der Waals surface area (Å²) in [5.74, 6) is 0.842. The largest absolute Gasteiger partial charge is 0.314 e. The molecular weight excluding hydrogens is 346 g/mol. The van der Waals surface area contributed by atoms with E-state index in [1.54, 1.807) is 4.90 Å². The van der Waals surface area contributed by atoms with Gasteiger partial charge in [0.1, 0.15) is 12.4 Å². The normalized spacial score (nSPS) is 11.0. The second-order valence-corrected chi connectivity index (χ2v) is 7.12. The number of rotatable bonds is 4. The topological polar surface area (TPSA) is 38.1 Å².